The Morgan fingerprint density at radius 2 is 1.96 bits per heavy atom. The van der Waals surface area contributed by atoms with E-state index < -0.39 is 29.4 Å². The van der Waals surface area contributed by atoms with Crippen LogP contribution in [0.1, 0.15) is 19.0 Å². The molecule has 1 unspecified atom stereocenters. The van der Waals surface area contributed by atoms with Gasteiger partial charge in [0.25, 0.3) is 0 Å². The molecule has 3 rings (SSSR count). The van der Waals surface area contributed by atoms with Crippen LogP contribution in [0.2, 0.25) is 0 Å². The zero-order valence-electron chi connectivity index (χ0n) is 13.9. The maximum Gasteiger partial charge on any atom is 0.239 e. The zero-order valence-corrected chi connectivity index (χ0v) is 13.9. The van der Waals surface area contributed by atoms with Crippen LogP contribution in [0.5, 0.6) is 0 Å². The molecule has 0 saturated carbocycles. The number of aryl methyl sites for hydroxylation is 2. The molecule has 0 bridgehead atoms. The first-order valence-corrected chi connectivity index (χ1v) is 8.00. The molecule has 1 saturated heterocycles. The Balaban J connectivity index is 1.74. The lowest BCUT2D eigenvalue weighted by Gasteiger charge is -2.17. The number of carbonyl (C=O) groups excluding carboxylic acids is 2. The number of carbonyl (C=O) groups is 2. The van der Waals surface area contributed by atoms with Gasteiger partial charge in [-0.3, -0.25) is 14.3 Å². The van der Waals surface area contributed by atoms with Gasteiger partial charge < -0.3 is 10.2 Å². The average molecular weight is 348 g/mol. The van der Waals surface area contributed by atoms with Crippen molar-refractivity contribution >= 4 is 23.3 Å². The summed E-state index contributed by atoms with van der Waals surface area (Å²) in [4.78, 5) is 26.2. The van der Waals surface area contributed by atoms with E-state index in [2.05, 4.69) is 10.4 Å². The second-order valence-corrected chi connectivity index (χ2v) is 5.95. The van der Waals surface area contributed by atoms with Gasteiger partial charge in [-0.05, 0) is 25.0 Å². The van der Waals surface area contributed by atoms with Gasteiger partial charge in [0.05, 0.1) is 5.69 Å². The number of rotatable bonds is 4. The number of halogens is 2. The molecule has 1 fully saturated rings. The monoisotopic (exact) mass is 348 g/mol. The number of nitrogens with zero attached hydrogens (tertiary/aromatic N) is 3. The Hall–Kier alpha value is -2.77. The molecule has 6 nitrogen and oxygen atoms in total. The van der Waals surface area contributed by atoms with E-state index in [0.29, 0.717) is 5.82 Å². The predicted molar refractivity (Wildman–Crippen MR) is 88.0 cm³/mol. The van der Waals surface area contributed by atoms with Crippen molar-refractivity contribution < 1.29 is 18.4 Å². The second kappa shape index (κ2) is 6.62. The van der Waals surface area contributed by atoms with E-state index in [-0.39, 0.29) is 18.7 Å². The summed E-state index contributed by atoms with van der Waals surface area (Å²) in [5.74, 6) is -2.85. The third kappa shape index (κ3) is 3.38. The van der Waals surface area contributed by atoms with Crippen molar-refractivity contribution in [2.24, 2.45) is 13.0 Å². The van der Waals surface area contributed by atoms with Gasteiger partial charge in [0.1, 0.15) is 23.4 Å². The molecule has 1 aromatic heterocycles. The molecule has 0 spiro atoms. The highest BCUT2D eigenvalue weighted by molar-refractivity contribution is 6.13. The predicted octanol–water partition coefficient (Wildman–Crippen LogP) is 2.25. The van der Waals surface area contributed by atoms with E-state index in [1.165, 1.54) is 9.58 Å². The molecule has 2 heterocycles. The Bertz CT molecular complexity index is 814. The number of aromatic nitrogens is 2. The Kier molecular flexibility index (Phi) is 4.52. The molecule has 0 aliphatic carbocycles. The largest absolute Gasteiger partial charge is 0.311 e. The maximum atomic E-state index is 13.4. The van der Waals surface area contributed by atoms with Gasteiger partial charge in [-0.25, -0.2) is 8.78 Å². The zero-order chi connectivity index (χ0) is 18.1. The molecular weight excluding hydrogens is 330 g/mol. The van der Waals surface area contributed by atoms with Gasteiger partial charge in [-0.1, -0.05) is 6.92 Å². The second-order valence-electron chi connectivity index (χ2n) is 5.95. The van der Waals surface area contributed by atoms with Crippen LogP contribution < -0.4 is 10.2 Å². The van der Waals surface area contributed by atoms with Gasteiger partial charge in [-0.15, -0.1) is 0 Å². The van der Waals surface area contributed by atoms with E-state index in [0.717, 1.165) is 30.3 Å². The van der Waals surface area contributed by atoms with Crippen molar-refractivity contribution in [3.8, 4) is 0 Å². The topological polar surface area (TPSA) is 67.2 Å². The summed E-state index contributed by atoms with van der Waals surface area (Å²) in [6.07, 6.45) is 1.01. The fraction of sp³-hybridized carbons (Fsp3) is 0.353. The summed E-state index contributed by atoms with van der Waals surface area (Å²) in [6, 6.07) is 4.64. The van der Waals surface area contributed by atoms with Gasteiger partial charge in [0, 0.05) is 31.4 Å². The van der Waals surface area contributed by atoms with E-state index in [1.807, 2.05) is 6.92 Å². The molecule has 2 amide bonds. The van der Waals surface area contributed by atoms with E-state index in [9.17, 15) is 18.4 Å². The van der Waals surface area contributed by atoms with Crippen molar-refractivity contribution in [1.82, 2.24) is 9.78 Å². The highest BCUT2D eigenvalue weighted by Crippen LogP contribution is 2.27. The van der Waals surface area contributed by atoms with Crippen LogP contribution in [0.15, 0.2) is 24.3 Å². The molecule has 1 aliphatic heterocycles. The maximum absolute atomic E-state index is 13.4. The summed E-state index contributed by atoms with van der Waals surface area (Å²) in [5.41, 5.74) is 0.944. The smallest absolute Gasteiger partial charge is 0.239 e. The van der Waals surface area contributed by atoms with Crippen molar-refractivity contribution in [2.45, 2.75) is 19.8 Å². The van der Waals surface area contributed by atoms with E-state index in [4.69, 9.17) is 0 Å². The SMILES string of the molecule is CCc1cc(NC(=O)C2CCN(c3cc(F)cc(F)c3)C2=O)n(C)n1. The molecule has 1 atom stereocenters. The highest BCUT2D eigenvalue weighted by Gasteiger charge is 2.38. The Morgan fingerprint density at radius 3 is 2.56 bits per heavy atom. The van der Waals surface area contributed by atoms with Crippen LogP contribution in [0.25, 0.3) is 0 Å². The molecule has 1 aromatic carbocycles. The third-order valence-electron chi connectivity index (χ3n) is 4.22. The first-order chi connectivity index (χ1) is 11.9. The highest BCUT2D eigenvalue weighted by atomic mass is 19.1. The molecular formula is C17H18F2N4O2. The standard InChI is InChI=1S/C17H18F2N4O2/c1-3-12-9-15(22(2)21-12)20-16(24)14-4-5-23(17(14)25)13-7-10(18)6-11(19)8-13/h6-9,14H,3-5H2,1-2H3,(H,20,24). The quantitative estimate of drug-likeness (QED) is 0.862. The number of benzene rings is 1. The molecule has 1 N–H and O–H groups in total. The van der Waals surface area contributed by atoms with E-state index in [1.54, 1.807) is 13.1 Å². The molecule has 2 aromatic rings. The third-order valence-corrected chi connectivity index (χ3v) is 4.22. The summed E-state index contributed by atoms with van der Waals surface area (Å²) < 4.78 is 28.3. The first-order valence-electron chi connectivity index (χ1n) is 8.00. The van der Waals surface area contributed by atoms with Gasteiger partial charge in [-0.2, -0.15) is 5.10 Å². The average Bonchev–Trinajstić information content (AvgIpc) is 3.09. The Morgan fingerprint density at radius 1 is 1.28 bits per heavy atom. The van der Waals surface area contributed by atoms with Crippen molar-refractivity contribution in [1.29, 1.82) is 0 Å². The van der Waals surface area contributed by atoms with Crippen LogP contribution in [0.3, 0.4) is 0 Å². The normalized spacial score (nSPS) is 17.2. The summed E-state index contributed by atoms with van der Waals surface area (Å²) >= 11 is 0. The molecule has 1 aliphatic rings. The minimum atomic E-state index is -0.897. The number of anilines is 2. The molecule has 132 valence electrons. The van der Waals surface area contributed by atoms with Gasteiger partial charge in [0.2, 0.25) is 11.8 Å². The fourth-order valence-corrected chi connectivity index (χ4v) is 2.90. The fourth-order valence-electron chi connectivity index (χ4n) is 2.90. The first kappa shape index (κ1) is 17.1. The van der Waals surface area contributed by atoms with Crippen molar-refractivity contribution in [2.75, 3.05) is 16.8 Å². The summed E-state index contributed by atoms with van der Waals surface area (Å²) in [6.45, 7) is 2.18. The Labute approximate surface area is 143 Å². The van der Waals surface area contributed by atoms with Crippen LogP contribution in [-0.4, -0.2) is 28.1 Å². The van der Waals surface area contributed by atoms with E-state index >= 15 is 0 Å². The van der Waals surface area contributed by atoms with Crippen LogP contribution in [-0.2, 0) is 23.1 Å². The summed E-state index contributed by atoms with van der Waals surface area (Å²) in [7, 11) is 1.70. The number of hydrogen-bond donors (Lipinski definition) is 1. The lowest BCUT2D eigenvalue weighted by atomic mass is 10.1. The van der Waals surface area contributed by atoms with Gasteiger partial charge >= 0.3 is 0 Å². The van der Waals surface area contributed by atoms with Crippen LogP contribution >= 0.6 is 0 Å². The number of amides is 2. The van der Waals surface area contributed by atoms with Crippen molar-refractivity contribution in [3.05, 3.63) is 41.6 Å². The lowest BCUT2D eigenvalue weighted by molar-refractivity contribution is -0.129. The lowest BCUT2D eigenvalue weighted by Crippen LogP contribution is -2.33. The molecule has 0 radical (unpaired) electrons. The number of nitrogens with one attached hydrogen (secondary N) is 1. The number of hydrogen-bond acceptors (Lipinski definition) is 3. The molecule has 25 heavy (non-hydrogen) atoms. The molecule has 8 heteroatoms. The van der Waals surface area contributed by atoms with Crippen molar-refractivity contribution in [3.63, 3.8) is 0 Å². The minimum Gasteiger partial charge on any atom is -0.311 e. The van der Waals surface area contributed by atoms with Crippen LogP contribution in [0.4, 0.5) is 20.3 Å². The van der Waals surface area contributed by atoms with Gasteiger partial charge in [0.15, 0.2) is 0 Å². The van der Waals surface area contributed by atoms with Crippen LogP contribution in [0, 0.1) is 17.6 Å². The summed E-state index contributed by atoms with van der Waals surface area (Å²) in [5, 5.41) is 6.93. The minimum absolute atomic E-state index is 0.117.